The number of nitrogens with zero attached hydrogens (tertiary/aromatic N) is 2. The average Bonchev–Trinajstić information content (AvgIpc) is 1.61. The third kappa shape index (κ3) is 1.32. The Hall–Kier alpha value is 0.0938. The molecule has 0 radical (unpaired) electrons. The maximum absolute atomic E-state index is 3.85. The lowest BCUT2D eigenvalue weighted by Crippen LogP contribution is -2.77. The fourth-order valence-corrected chi connectivity index (χ4v) is 10.4. The van der Waals surface area contributed by atoms with Gasteiger partial charge in [-0.1, -0.05) is 0 Å². The molecule has 0 atom stereocenters. The van der Waals surface area contributed by atoms with Crippen molar-refractivity contribution in [2.24, 2.45) is 0 Å². The van der Waals surface area contributed by atoms with Gasteiger partial charge >= 0.3 is 19.7 Å². The van der Waals surface area contributed by atoms with Gasteiger partial charge in [0.15, 0.2) is 0 Å². The van der Waals surface area contributed by atoms with E-state index in [0.717, 1.165) is 0 Å². The molecule has 0 bridgehead atoms. The average molecular weight is 160 g/mol. The van der Waals surface area contributed by atoms with Crippen LogP contribution in [0.1, 0.15) is 0 Å². The molecule has 4 heteroatoms. The molecule has 9 heavy (non-hydrogen) atoms. The molecule has 2 nitrogen and oxygen atoms in total. The molecule has 0 unspecified atom stereocenters. The van der Waals surface area contributed by atoms with Gasteiger partial charge in [-0.3, -0.25) is 0 Å². The van der Waals surface area contributed by atoms with E-state index in [4.69, 9.17) is 0 Å². The minimum Gasteiger partial charge on any atom is -0.365 e. The molecule has 52 valence electrons. The fraction of sp³-hybridized carbons (Fsp3) is 0.600. The highest BCUT2D eigenvalue weighted by molar-refractivity contribution is 6.47. The number of hydrogen-bond donors (Lipinski definition) is 0. The summed E-state index contributed by atoms with van der Waals surface area (Å²) in [6, 6.07) is 0. The fourth-order valence-electron chi connectivity index (χ4n) is 1.82. The van der Waals surface area contributed by atoms with Crippen LogP contribution in [-0.4, -0.2) is 48.5 Å². The van der Waals surface area contributed by atoms with Gasteiger partial charge in [-0.15, -0.1) is 0 Å². The van der Waals surface area contributed by atoms with E-state index in [0.29, 0.717) is 0 Å². The third-order valence-electron chi connectivity index (χ3n) is 1.85. The second-order valence-corrected chi connectivity index (χ2v) is 12.5. The Morgan fingerprint density at radius 3 is 1.78 bits per heavy atom. The zero-order valence-corrected chi connectivity index (χ0v) is 9.42. The maximum atomic E-state index is 3.85. The Balaban J connectivity index is 2.50. The second-order valence-electron chi connectivity index (χ2n) is 3.88. The summed E-state index contributed by atoms with van der Waals surface area (Å²) in [6.07, 6.45) is 2.14. The molecule has 1 fully saturated rings. The van der Waals surface area contributed by atoms with Gasteiger partial charge in [0.25, 0.3) is 0 Å². The first-order valence-electron chi connectivity index (χ1n) is 3.27. The van der Waals surface area contributed by atoms with E-state index in [1.807, 2.05) is 0 Å². The van der Waals surface area contributed by atoms with Crippen LogP contribution in [0.3, 0.4) is 0 Å². The van der Waals surface area contributed by atoms with E-state index >= 15 is 0 Å². The summed E-state index contributed by atoms with van der Waals surface area (Å²) in [6.45, 7) is 3.85. The largest absolute Gasteiger partial charge is 0.471 e. The minimum absolute atomic E-state index is 0.0691. The molecule has 0 aromatic rings. The van der Waals surface area contributed by atoms with Crippen molar-refractivity contribution < 1.29 is 7.63 Å². The molecule has 1 aliphatic heterocycles. The molecule has 0 aromatic heterocycles. The van der Waals surface area contributed by atoms with Crippen molar-refractivity contribution in [3.05, 3.63) is 12.8 Å². The normalized spacial score (nSPS) is 44.8. The van der Waals surface area contributed by atoms with Crippen molar-refractivity contribution in [2.75, 3.05) is 21.1 Å². The summed E-state index contributed by atoms with van der Waals surface area (Å²) in [5.74, 6) is 0. The van der Waals surface area contributed by atoms with Crippen molar-refractivity contribution in [1.29, 1.82) is 0 Å². The van der Waals surface area contributed by atoms with Gasteiger partial charge < -0.3 is 7.63 Å². The zero-order valence-electron chi connectivity index (χ0n) is 6.59. The highest BCUT2D eigenvalue weighted by Gasteiger charge is 2.48. The molecule has 1 heterocycles. The Morgan fingerprint density at radius 2 is 1.67 bits per heavy atom. The first kappa shape index (κ1) is 7.20. The first-order valence-corrected chi connectivity index (χ1v) is 5.80. The van der Waals surface area contributed by atoms with E-state index < -0.39 is 0 Å². The number of rotatable bonds is 1. The minimum atomic E-state index is 0.0691. The van der Waals surface area contributed by atoms with Crippen molar-refractivity contribution in [3.8, 4) is 0 Å². The summed E-state index contributed by atoms with van der Waals surface area (Å²) in [5.41, 5.74) is 0. The highest BCUT2D eigenvalue weighted by Crippen LogP contribution is 2.16. The van der Waals surface area contributed by atoms with Gasteiger partial charge in [-0.05, 0) is 6.58 Å². The van der Waals surface area contributed by atoms with Crippen molar-refractivity contribution in [3.63, 3.8) is 0 Å². The molecule has 0 spiro atoms. The van der Waals surface area contributed by atoms with Crippen LogP contribution >= 0.6 is 0 Å². The van der Waals surface area contributed by atoms with Gasteiger partial charge in [0, 0.05) is 21.1 Å². The maximum Gasteiger partial charge on any atom is 0.471 e. The van der Waals surface area contributed by atoms with Crippen LogP contribution in [0.5, 0.6) is 0 Å². The predicted molar refractivity (Wildman–Crippen MR) is 45.6 cm³/mol. The predicted octanol–water partition coefficient (Wildman–Crippen LogP) is -1.34. The van der Waals surface area contributed by atoms with Crippen LogP contribution in [0, 0.1) is 0 Å². The van der Waals surface area contributed by atoms with Crippen molar-refractivity contribution in [1.82, 2.24) is 0 Å². The van der Waals surface area contributed by atoms with Crippen molar-refractivity contribution in [2.45, 2.75) is 0 Å². The molecule has 0 N–H and O–H groups in total. The zero-order chi connectivity index (χ0) is 7.12. The molecule has 0 saturated carbocycles. The van der Waals surface area contributed by atoms with E-state index in [9.17, 15) is 0 Å². The number of hydrogen-bond acceptors (Lipinski definition) is 0. The lowest BCUT2D eigenvalue weighted by Gasteiger charge is -2.50. The lowest BCUT2D eigenvalue weighted by atomic mass is 11.0. The molecule has 0 aromatic carbocycles. The van der Waals surface area contributed by atoms with Crippen LogP contribution in [0.25, 0.3) is 0 Å². The van der Waals surface area contributed by atoms with Crippen LogP contribution in [0.4, 0.5) is 0 Å². The SMILES string of the molecule is C=C[N+]1(C)[SiH2][N+](C)(C)[SiH2]1. The monoisotopic (exact) mass is 160 g/mol. The van der Waals surface area contributed by atoms with E-state index in [1.165, 1.54) is 7.63 Å². The van der Waals surface area contributed by atoms with E-state index in [-0.39, 0.29) is 19.7 Å². The molecule has 1 saturated heterocycles. The topological polar surface area (TPSA) is 0 Å². The Morgan fingerprint density at radius 1 is 1.22 bits per heavy atom. The van der Waals surface area contributed by atoms with Crippen LogP contribution in [0.15, 0.2) is 12.8 Å². The summed E-state index contributed by atoms with van der Waals surface area (Å²) in [7, 11) is 7.19. The molecular weight excluding hydrogens is 144 g/mol. The molecular formula is C5H16N2Si2+2. The molecule has 1 aliphatic rings. The van der Waals surface area contributed by atoms with Crippen molar-refractivity contribution >= 4 is 19.7 Å². The number of quaternary nitrogens is 2. The quantitative estimate of drug-likeness (QED) is 0.417. The summed E-state index contributed by atoms with van der Waals surface area (Å²) >= 11 is 0. The summed E-state index contributed by atoms with van der Waals surface area (Å²) in [4.78, 5) is 0. The Kier molecular flexibility index (Phi) is 1.43. The first-order chi connectivity index (χ1) is 3.97. The third-order valence-corrected chi connectivity index (χ3v) is 7.59. The molecule has 0 amide bonds. The van der Waals surface area contributed by atoms with Crippen LogP contribution < -0.4 is 0 Å². The summed E-state index contributed by atoms with van der Waals surface area (Å²) in [5, 5.41) is 0. The highest BCUT2D eigenvalue weighted by atomic mass is 28.4. The van der Waals surface area contributed by atoms with Gasteiger partial charge in [0.1, 0.15) is 0 Å². The van der Waals surface area contributed by atoms with E-state index in [2.05, 4.69) is 33.9 Å². The second kappa shape index (κ2) is 1.79. The van der Waals surface area contributed by atoms with Crippen LogP contribution in [0.2, 0.25) is 0 Å². The Labute approximate surface area is 61.9 Å². The van der Waals surface area contributed by atoms with Gasteiger partial charge in [-0.25, -0.2) is 0 Å². The Bertz CT molecular complexity index is 136. The van der Waals surface area contributed by atoms with Gasteiger partial charge in [0.05, 0.1) is 6.20 Å². The summed E-state index contributed by atoms with van der Waals surface area (Å²) < 4.78 is 2.70. The van der Waals surface area contributed by atoms with Gasteiger partial charge in [-0.2, -0.15) is 0 Å². The smallest absolute Gasteiger partial charge is 0.365 e. The van der Waals surface area contributed by atoms with Gasteiger partial charge in [0.2, 0.25) is 0 Å². The molecule has 0 aliphatic carbocycles. The van der Waals surface area contributed by atoms with E-state index in [1.54, 1.807) is 0 Å². The lowest BCUT2D eigenvalue weighted by molar-refractivity contribution is -0.873. The van der Waals surface area contributed by atoms with Crippen LogP contribution in [-0.2, 0) is 0 Å². The molecule has 1 rings (SSSR count). The standard InChI is InChI=1S/C5H16N2Si2/c1-5-7(4)8-6(2,3)9-7/h5H,1,8-9H2,2-4H3/q+2.